The zero-order valence-corrected chi connectivity index (χ0v) is 10.8. The van der Waals surface area contributed by atoms with Gasteiger partial charge in [0, 0.05) is 17.8 Å². The van der Waals surface area contributed by atoms with Gasteiger partial charge in [0.15, 0.2) is 0 Å². The Bertz CT molecular complexity index is 489. The van der Waals surface area contributed by atoms with E-state index >= 15 is 0 Å². The first kappa shape index (κ1) is 10.8. The Morgan fingerprint density at radius 1 is 0.882 bits per heavy atom. The molecule has 0 bridgehead atoms. The van der Waals surface area contributed by atoms with Crippen LogP contribution in [-0.4, -0.2) is 12.7 Å². The SMILES string of the molecule is c1ccc(-c2ccccc2N2CCCP2)cc1. The van der Waals surface area contributed by atoms with E-state index in [0.717, 1.165) is 8.73 Å². The fourth-order valence-corrected chi connectivity index (χ4v) is 3.57. The Balaban J connectivity index is 2.04. The lowest BCUT2D eigenvalue weighted by molar-refractivity contribution is 0.990. The lowest BCUT2D eigenvalue weighted by Crippen LogP contribution is -2.08. The monoisotopic (exact) mass is 241 g/mol. The lowest BCUT2D eigenvalue weighted by atomic mass is 10.0. The van der Waals surface area contributed by atoms with Gasteiger partial charge in [-0.3, -0.25) is 0 Å². The minimum absolute atomic E-state index is 0.952. The van der Waals surface area contributed by atoms with E-state index < -0.39 is 0 Å². The average Bonchev–Trinajstić information content (AvgIpc) is 2.94. The topological polar surface area (TPSA) is 3.24 Å². The molecule has 0 saturated carbocycles. The average molecular weight is 241 g/mol. The summed E-state index contributed by atoms with van der Waals surface area (Å²) in [5.74, 6) is 0. The molecule has 1 unspecified atom stereocenters. The number of para-hydroxylation sites is 1. The van der Waals surface area contributed by atoms with Gasteiger partial charge in [-0.25, -0.2) is 0 Å². The van der Waals surface area contributed by atoms with Gasteiger partial charge in [0.1, 0.15) is 0 Å². The van der Waals surface area contributed by atoms with Crippen LogP contribution in [0.5, 0.6) is 0 Å². The second kappa shape index (κ2) is 4.89. The molecule has 1 saturated heterocycles. The third-order valence-electron chi connectivity index (χ3n) is 3.14. The van der Waals surface area contributed by atoms with Crippen molar-refractivity contribution in [2.45, 2.75) is 6.42 Å². The van der Waals surface area contributed by atoms with E-state index in [2.05, 4.69) is 59.3 Å². The van der Waals surface area contributed by atoms with Crippen molar-refractivity contribution in [2.24, 2.45) is 0 Å². The van der Waals surface area contributed by atoms with Crippen molar-refractivity contribution in [1.82, 2.24) is 0 Å². The van der Waals surface area contributed by atoms with Crippen LogP contribution in [-0.2, 0) is 0 Å². The number of rotatable bonds is 2. The molecule has 1 aliphatic heterocycles. The minimum Gasteiger partial charge on any atom is -0.353 e. The molecule has 1 heterocycles. The Labute approximate surface area is 104 Å². The summed E-state index contributed by atoms with van der Waals surface area (Å²) in [6, 6.07) is 19.4. The molecule has 2 heteroatoms. The number of nitrogens with zero attached hydrogens (tertiary/aromatic N) is 1. The summed E-state index contributed by atoms with van der Waals surface area (Å²) in [6.07, 6.45) is 2.69. The standard InChI is InChI=1S/C15H16NP/c1-2-7-13(8-3-1)14-9-4-5-10-15(14)16-11-6-12-17-16/h1-5,7-10,17H,6,11-12H2. The van der Waals surface area contributed by atoms with Gasteiger partial charge in [0.25, 0.3) is 0 Å². The summed E-state index contributed by atoms with van der Waals surface area (Å²) < 4.78 is 2.53. The van der Waals surface area contributed by atoms with Gasteiger partial charge < -0.3 is 4.67 Å². The summed E-state index contributed by atoms with van der Waals surface area (Å²) in [5.41, 5.74) is 4.08. The minimum atomic E-state index is 0.952. The summed E-state index contributed by atoms with van der Waals surface area (Å²) in [5, 5.41) is 0. The molecule has 1 atom stereocenters. The van der Waals surface area contributed by atoms with E-state index in [1.165, 1.54) is 35.9 Å². The summed E-state index contributed by atoms with van der Waals surface area (Å²) >= 11 is 0. The van der Waals surface area contributed by atoms with Crippen molar-refractivity contribution in [1.29, 1.82) is 0 Å². The second-order valence-corrected chi connectivity index (χ2v) is 5.65. The van der Waals surface area contributed by atoms with E-state index in [9.17, 15) is 0 Å². The predicted molar refractivity (Wildman–Crippen MR) is 77.0 cm³/mol. The van der Waals surface area contributed by atoms with Crippen LogP contribution >= 0.6 is 8.73 Å². The second-order valence-electron chi connectivity index (χ2n) is 4.30. The highest BCUT2D eigenvalue weighted by atomic mass is 31.1. The van der Waals surface area contributed by atoms with Crippen LogP contribution in [0.1, 0.15) is 6.42 Å². The van der Waals surface area contributed by atoms with Gasteiger partial charge in [0.2, 0.25) is 0 Å². The first-order chi connectivity index (χ1) is 8.45. The summed E-state index contributed by atoms with van der Waals surface area (Å²) in [6.45, 7) is 1.21. The van der Waals surface area contributed by atoms with Crippen LogP contribution in [0.25, 0.3) is 11.1 Å². The van der Waals surface area contributed by atoms with Crippen molar-refractivity contribution in [2.75, 3.05) is 17.4 Å². The Hall–Kier alpha value is -1.33. The van der Waals surface area contributed by atoms with E-state index in [0.29, 0.717) is 0 Å². The molecule has 17 heavy (non-hydrogen) atoms. The molecular weight excluding hydrogens is 225 g/mol. The van der Waals surface area contributed by atoms with Gasteiger partial charge in [-0.2, -0.15) is 0 Å². The molecule has 86 valence electrons. The Morgan fingerprint density at radius 3 is 2.41 bits per heavy atom. The van der Waals surface area contributed by atoms with Crippen molar-refractivity contribution in [3.8, 4) is 11.1 Å². The highest BCUT2D eigenvalue weighted by molar-refractivity contribution is 7.40. The molecule has 3 rings (SSSR count). The predicted octanol–water partition coefficient (Wildman–Crippen LogP) is 4.16. The van der Waals surface area contributed by atoms with Crippen molar-refractivity contribution in [3.63, 3.8) is 0 Å². The van der Waals surface area contributed by atoms with Crippen LogP contribution in [0, 0.1) is 0 Å². The maximum Gasteiger partial charge on any atom is 0.0476 e. The smallest absolute Gasteiger partial charge is 0.0476 e. The van der Waals surface area contributed by atoms with Crippen LogP contribution < -0.4 is 4.67 Å². The van der Waals surface area contributed by atoms with Crippen molar-refractivity contribution in [3.05, 3.63) is 54.6 Å². The maximum atomic E-state index is 2.53. The van der Waals surface area contributed by atoms with Crippen LogP contribution in [0.3, 0.4) is 0 Å². The van der Waals surface area contributed by atoms with Crippen molar-refractivity contribution < 1.29 is 0 Å². The van der Waals surface area contributed by atoms with Crippen molar-refractivity contribution >= 4 is 14.4 Å². The maximum absolute atomic E-state index is 2.53. The normalized spacial score (nSPS) is 16.6. The molecule has 0 aliphatic carbocycles. The molecule has 0 spiro atoms. The van der Waals surface area contributed by atoms with E-state index in [1.807, 2.05) is 0 Å². The van der Waals surface area contributed by atoms with Gasteiger partial charge in [-0.1, -0.05) is 48.5 Å². The molecule has 0 aromatic heterocycles. The van der Waals surface area contributed by atoms with E-state index in [-0.39, 0.29) is 0 Å². The highest BCUT2D eigenvalue weighted by Crippen LogP contribution is 2.39. The lowest BCUT2D eigenvalue weighted by Gasteiger charge is -2.21. The van der Waals surface area contributed by atoms with Gasteiger partial charge in [-0.15, -0.1) is 0 Å². The van der Waals surface area contributed by atoms with Gasteiger partial charge in [-0.05, 0) is 32.9 Å². The molecule has 0 radical (unpaired) electrons. The number of hydrogen-bond acceptors (Lipinski definition) is 1. The number of benzene rings is 2. The molecule has 0 amide bonds. The van der Waals surface area contributed by atoms with Crippen LogP contribution in [0.2, 0.25) is 0 Å². The third-order valence-corrected chi connectivity index (χ3v) is 4.56. The molecule has 2 aromatic rings. The van der Waals surface area contributed by atoms with Crippen LogP contribution in [0.15, 0.2) is 54.6 Å². The zero-order chi connectivity index (χ0) is 11.5. The van der Waals surface area contributed by atoms with Gasteiger partial charge in [0.05, 0.1) is 0 Å². The summed E-state index contributed by atoms with van der Waals surface area (Å²) in [4.78, 5) is 0. The zero-order valence-electron chi connectivity index (χ0n) is 9.76. The van der Waals surface area contributed by atoms with E-state index in [4.69, 9.17) is 0 Å². The third kappa shape index (κ3) is 2.21. The van der Waals surface area contributed by atoms with Crippen LogP contribution in [0.4, 0.5) is 5.69 Å². The molecule has 2 aromatic carbocycles. The largest absolute Gasteiger partial charge is 0.353 e. The summed E-state index contributed by atoms with van der Waals surface area (Å²) in [7, 11) is 0.952. The van der Waals surface area contributed by atoms with Gasteiger partial charge >= 0.3 is 0 Å². The molecule has 0 N–H and O–H groups in total. The first-order valence-corrected chi connectivity index (χ1v) is 7.26. The van der Waals surface area contributed by atoms with E-state index in [1.54, 1.807) is 0 Å². The fourth-order valence-electron chi connectivity index (χ4n) is 2.31. The number of anilines is 1. The fraction of sp³-hybridized carbons (Fsp3) is 0.200. The Morgan fingerprint density at radius 2 is 1.65 bits per heavy atom. The highest BCUT2D eigenvalue weighted by Gasteiger charge is 2.15. The number of hydrogen-bond donors (Lipinski definition) is 0. The first-order valence-electron chi connectivity index (χ1n) is 6.11. The molecule has 1 nitrogen and oxygen atoms in total. The molecule has 1 aliphatic rings. The quantitative estimate of drug-likeness (QED) is 0.714. The molecular formula is C15H16NP. The molecule has 1 fully saturated rings. The Kier molecular flexibility index (Phi) is 3.11.